The Balaban J connectivity index is 2.02. The standard InChI is InChI=1S/C11H9FN2S/c12-9-3-1-8(2-4-9)10-7-14-5-6-15-11(14)13-10/h1-4,7H,5-6H2. The van der Waals surface area contributed by atoms with Crippen LogP contribution in [0.2, 0.25) is 0 Å². The van der Waals surface area contributed by atoms with Crippen LogP contribution in [0.3, 0.4) is 0 Å². The predicted molar refractivity (Wildman–Crippen MR) is 58.3 cm³/mol. The number of thioether (sulfide) groups is 1. The first-order valence-electron chi connectivity index (χ1n) is 4.79. The van der Waals surface area contributed by atoms with Crippen LogP contribution >= 0.6 is 11.8 Å². The van der Waals surface area contributed by atoms with Crippen molar-refractivity contribution in [2.45, 2.75) is 11.7 Å². The van der Waals surface area contributed by atoms with Crippen LogP contribution in [0.4, 0.5) is 4.39 Å². The number of halogens is 1. The summed E-state index contributed by atoms with van der Waals surface area (Å²) in [7, 11) is 0. The van der Waals surface area contributed by atoms with E-state index in [0.717, 1.165) is 28.7 Å². The van der Waals surface area contributed by atoms with Crippen LogP contribution in [0.5, 0.6) is 0 Å². The summed E-state index contributed by atoms with van der Waals surface area (Å²) in [5.41, 5.74) is 1.90. The molecule has 2 heterocycles. The highest BCUT2D eigenvalue weighted by molar-refractivity contribution is 7.99. The Labute approximate surface area is 91.1 Å². The second-order valence-corrected chi connectivity index (χ2v) is 4.52. The van der Waals surface area contributed by atoms with Gasteiger partial charge in [0, 0.05) is 24.1 Å². The van der Waals surface area contributed by atoms with E-state index in [1.165, 1.54) is 12.1 Å². The van der Waals surface area contributed by atoms with Crippen molar-refractivity contribution in [2.24, 2.45) is 0 Å². The molecular weight excluding hydrogens is 211 g/mol. The summed E-state index contributed by atoms with van der Waals surface area (Å²) in [5.74, 6) is 0.895. The summed E-state index contributed by atoms with van der Waals surface area (Å²) in [6, 6.07) is 6.45. The van der Waals surface area contributed by atoms with Crippen molar-refractivity contribution < 1.29 is 4.39 Å². The molecular formula is C11H9FN2S. The molecule has 0 radical (unpaired) electrons. The van der Waals surface area contributed by atoms with Gasteiger partial charge in [-0.15, -0.1) is 0 Å². The Morgan fingerprint density at radius 1 is 1.27 bits per heavy atom. The molecule has 76 valence electrons. The summed E-state index contributed by atoms with van der Waals surface area (Å²) in [6.45, 7) is 1.02. The van der Waals surface area contributed by atoms with Crippen LogP contribution in [-0.4, -0.2) is 15.3 Å². The molecule has 0 spiro atoms. The molecule has 2 aromatic rings. The maximum atomic E-state index is 12.7. The Kier molecular flexibility index (Phi) is 2.02. The minimum Gasteiger partial charge on any atom is -0.325 e. The molecule has 4 heteroatoms. The third-order valence-electron chi connectivity index (χ3n) is 2.44. The quantitative estimate of drug-likeness (QED) is 0.735. The minimum atomic E-state index is -0.208. The summed E-state index contributed by atoms with van der Waals surface area (Å²) >= 11 is 1.76. The maximum Gasteiger partial charge on any atom is 0.168 e. The molecule has 1 aliphatic heterocycles. The van der Waals surface area contributed by atoms with Gasteiger partial charge in [0.2, 0.25) is 0 Å². The van der Waals surface area contributed by atoms with E-state index in [9.17, 15) is 4.39 Å². The molecule has 0 saturated carbocycles. The van der Waals surface area contributed by atoms with Crippen molar-refractivity contribution in [2.75, 3.05) is 5.75 Å². The fraction of sp³-hybridized carbons (Fsp3) is 0.182. The zero-order chi connectivity index (χ0) is 10.3. The second kappa shape index (κ2) is 3.38. The van der Waals surface area contributed by atoms with Crippen LogP contribution in [0.1, 0.15) is 0 Å². The van der Waals surface area contributed by atoms with Gasteiger partial charge < -0.3 is 4.57 Å². The number of hydrogen-bond acceptors (Lipinski definition) is 2. The van der Waals surface area contributed by atoms with E-state index in [1.807, 2.05) is 6.20 Å². The SMILES string of the molecule is Fc1ccc(-c2cn3c(n2)SCC3)cc1. The van der Waals surface area contributed by atoms with E-state index in [4.69, 9.17) is 0 Å². The average Bonchev–Trinajstić information content (AvgIpc) is 2.78. The Bertz CT molecular complexity index is 468. The van der Waals surface area contributed by atoms with Gasteiger partial charge in [0.05, 0.1) is 5.69 Å². The molecule has 0 saturated heterocycles. The normalized spacial score (nSPS) is 14.2. The lowest BCUT2D eigenvalue weighted by Crippen LogP contribution is -1.89. The number of aromatic nitrogens is 2. The lowest BCUT2D eigenvalue weighted by atomic mass is 10.2. The van der Waals surface area contributed by atoms with Crippen molar-refractivity contribution >= 4 is 11.8 Å². The van der Waals surface area contributed by atoms with Gasteiger partial charge in [0.15, 0.2) is 5.16 Å². The second-order valence-electron chi connectivity index (χ2n) is 3.46. The smallest absolute Gasteiger partial charge is 0.168 e. The van der Waals surface area contributed by atoms with Gasteiger partial charge >= 0.3 is 0 Å². The lowest BCUT2D eigenvalue weighted by Gasteiger charge is -1.95. The first kappa shape index (κ1) is 8.97. The van der Waals surface area contributed by atoms with E-state index in [2.05, 4.69) is 9.55 Å². The number of imidazole rings is 1. The Hall–Kier alpha value is -1.29. The molecule has 0 amide bonds. The van der Waals surface area contributed by atoms with Gasteiger partial charge in [-0.05, 0) is 24.3 Å². The van der Waals surface area contributed by atoms with E-state index in [0.29, 0.717) is 0 Å². The highest BCUT2D eigenvalue weighted by Crippen LogP contribution is 2.28. The Morgan fingerprint density at radius 2 is 2.07 bits per heavy atom. The molecule has 2 nitrogen and oxygen atoms in total. The summed E-state index contributed by atoms with van der Waals surface area (Å²) in [6.07, 6.45) is 2.03. The van der Waals surface area contributed by atoms with E-state index in [-0.39, 0.29) is 5.82 Å². The molecule has 0 aliphatic carbocycles. The zero-order valence-electron chi connectivity index (χ0n) is 7.98. The molecule has 0 bridgehead atoms. The number of rotatable bonds is 1. The van der Waals surface area contributed by atoms with Gasteiger partial charge in [-0.1, -0.05) is 11.8 Å². The lowest BCUT2D eigenvalue weighted by molar-refractivity contribution is 0.628. The van der Waals surface area contributed by atoms with Gasteiger partial charge in [-0.3, -0.25) is 0 Å². The van der Waals surface area contributed by atoms with E-state index < -0.39 is 0 Å². The number of fused-ring (bicyclic) bond motifs is 1. The van der Waals surface area contributed by atoms with E-state index >= 15 is 0 Å². The topological polar surface area (TPSA) is 17.8 Å². The van der Waals surface area contributed by atoms with Crippen molar-refractivity contribution in [3.05, 3.63) is 36.3 Å². The predicted octanol–water partition coefficient (Wildman–Crippen LogP) is 2.79. The summed E-state index contributed by atoms with van der Waals surface area (Å²) in [5, 5.41) is 1.06. The number of hydrogen-bond donors (Lipinski definition) is 0. The first-order chi connectivity index (χ1) is 7.33. The van der Waals surface area contributed by atoms with Crippen LogP contribution in [0, 0.1) is 5.82 Å². The maximum absolute atomic E-state index is 12.7. The van der Waals surface area contributed by atoms with Gasteiger partial charge in [-0.2, -0.15) is 0 Å². The van der Waals surface area contributed by atoms with Crippen LogP contribution < -0.4 is 0 Å². The molecule has 1 aliphatic rings. The summed E-state index contributed by atoms with van der Waals surface area (Å²) in [4.78, 5) is 4.49. The van der Waals surface area contributed by atoms with Gasteiger partial charge in [-0.25, -0.2) is 9.37 Å². The largest absolute Gasteiger partial charge is 0.325 e. The first-order valence-corrected chi connectivity index (χ1v) is 5.77. The molecule has 0 N–H and O–H groups in total. The van der Waals surface area contributed by atoms with Gasteiger partial charge in [0.1, 0.15) is 5.82 Å². The Morgan fingerprint density at radius 3 is 2.80 bits per heavy atom. The van der Waals surface area contributed by atoms with Crippen molar-refractivity contribution in [1.82, 2.24) is 9.55 Å². The molecule has 3 rings (SSSR count). The minimum absolute atomic E-state index is 0.208. The van der Waals surface area contributed by atoms with Crippen LogP contribution in [-0.2, 0) is 6.54 Å². The molecule has 0 fully saturated rings. The number of aryl methyl sites for hydroxylation is 1. The van der Waals surface area contributed by atoms with Crippen molar-refractivity contribution in [1.29, 1.82) is 0 Å². The number of benzene rings is 1. The fourth-order valence-electron chi connectivity index (χ4n) is 1.67. The highest BCUT2D eigenvalue weighted by atomic mass is 32.2. The van der Waals surface area contributed by atoms with Crippen LogP contribution in [0.25, 0.3) is 11.3 Å². The van der Waals surface area contributed by atoms with Gasteiger partial charge in [0.25, 0.3) is 0 Å². The third kappa shape index (κ3) is 1.55. The van der Waals surface area contributed by atoms with Crippen LogP contribution in [0.15, 0.2) is 35.6 Å². The number of nitrogens with zero attached hydrogens (tertiary/aromatic N) is 2. The zero-order valence-corrected chi connectivity index (χ0v) is 8.80. The van der Waals surface area contributed by atoms with E-state index in [1.54, 1.807) is 23.9 Å². The third-order valence-corrected chi connectivity index (χ3v) is 3.41. The molecule has 1 aromatic heterocycles. The van der Waals surface area contributed by atoms with Crippen molar-refractivity contribution in [3.63, 3.8) is 0 Å². The molecule has 15 heavy (non-hydrogen) atoms. The molecule has 0 unspecified atom stereocenters. The molecule has 0 atom stereocenters. The fourth-order valence-corrected chi connectivity index (χ4v) is 2.61. The average molecular weight is 220 g/mol. The van der Waals surface area contributed by atoms with Crippen molar-refractivity contribution in [3.8, 4) is 11.3 Å². The highest BCUT2D eigenvalue weighted by Gasteiger charge is 2.14. The molecule has 1 aromatic carbocycles. The monoisotopic (exact) mass is 220 g/mol. The summed E-state index contributed by atoms with van der Waals surface area (Å²) < 4.78 is 14.9.